The Hall–Kier alpha value is -2.91. The summed E-state index contributed by atoms with van der Waals surface area (Å²) in [4.78, 5) is 7.96. The first-order valence-electron chi connectivity index (χ1n) is 11.0. The topological polar surface area (TPSA) is 57.4 Å². The van der Waals surface area contributed by atoms with E-state index in [1.165, 1.54) is 29.5 Å². The van der Waals surface area contributed by atoms with Crippen molar-refractivity contribution < 1.29 is 18.3 Å². The van der Waals surface area contributed by atoms with Crippen molar-refractivity contribution >= 4 is 5.69 Å². The van der Waals surface area contributed by atoms with Crippen LogP contribution in [0, 0.1) is 17.5 Å². The van der Waals surface area contributed by atoms with Crippen molar-refractivity contribution in [2.24, 2.45) is 0 Å². The molecular weight excluding hydrogens is 431 g/mol. The Balaban J connectivity index is 1.55. The van der Waals surface area contributed by atoms with E-state index in [9.17, 15) is 18.3 Å². The van der Waals surface area contributed by atoms with E-state index in [1.54, 1.807) is 12.1 Å². The Morgan fingerprint density at radius 2 is 1.85 bits per heavy atom. The third-order valence-corrected chi connectivity index (χ3v) is 6.80. The summed E-state index contributed by atoms with van der Waals surface area (Å²) in [5.41, 5.74) is -1.10. The van der Waals surface area contributed by atoms with Crippen LogP contribution in [0.25, 0.3) is 0 Å². The molecule has 2 aromatic carbocycles. The molecular formula is C24H28F3N5O. The standard InChI is InChI=1S/C24H28F3N5O/c1-17(30(2)19-9-11-31(12-10-19)23-6-4-3-5-21(23)26)24(33,14-32-16-28-15-29-32)20-8-7-18(25)13-22(20)27/h3-8,13,15-17,19,33H,9-12,14H2,1-2H3/t17-,24-/m1/s1. The molecule has 0 saturated carbocycles. The van der Waals surface area contributed by atoms with Crippen molar-refractivity contribution in [2.45, 2.75) is 44.0 Å². The van der Waals surface area contributed by atoms with Crippen LogP contribution in [0.2, 0.25) is 0 Å². The molecule has 0 aliphatic carbocycles. The van der Waals surface area contributed by atoms with Crippen LogP contribution in [-0.2, 0) is 12.1 Å². The van der Waals surface area contributed by atoms with Gasteiger partial charge in [0, 0.05) is 36.8 Å². The van der Waals surface area contributed by atoms with Crippen molar-refractivity contribution in [3.63, 3.8) is 0 Å². The molecule has 0 bridgehead atoms. The second-order valence-corrected chi connectivity index (χ2v) is 8.65. The Kier molecular flexibility index (Phi) is 6.71. The van der Waals surface area contributed by atoms with Gasteiger partial charge in [0.1, 0.15) is 35.7 Å². The fourth-order valence-corrected chi connectivity index (χ4v) is 4.72. The zero-order valence-corrected chi connectivity index (χ0v) is 18.7. The minimum absolute atomic E-state index is 0.00235. The number of hydrogen-bond donors (Lipinski definition) is 1. The van der Waals surface area contributed by atoms with Gasteiger partial charge in [-0.3, -0.25) is 4.90 Å². The van der Waals surface area contributed by atoms with Gasteiger partial charge in [0.05, 0.1) is 12.2 Å². The lowest BCUT2D eigenvalue weighted by molar-refractivity contribution is -0.0697. The number of piperidine rings is 1. The summed E-state index contributed by atoms with van der Waals surface area (Å²) in [5, 5.41) is 15.9. The number of para-hydroxylation sites is 1. The SMILES string of the molecule is C[C@@H](N(C)C1CCN(c2ccccc2F)CC1)[C@](O)(Cn1cncn1)c1ccc(F)cc1F. The number of nitrogens with zero attached hydrogens (tertiary/aromatic N) is 5. The molecule has 0 amide bonds. The highest BCUT2D eigenvalue weighted by atomic mass is 19.1. The molecule has 176 valence electrons. The number of rotatable bonds is 7. The van der Waals surface area contributed by atoms with Crippen LogP contribution >= 0.6 is 0 Å². The summed E-state index contributed by atoms with van der Waals surface area (Å²) in [6.07, 6.45) is 4.29. The number of hydrogen-bond acceptors (Lipinski definition) is 5. The van der Waals surface area contributed by atoms with Gasteiger partial charge in [-0.05, 0) is 45.0 Å². The monoisotopic (exact) mass is 459 g/mol. The second-order valence-electron chi connectivity index (χ2n) is 8.65. The summed E-state index contributed by atoms with van der Waals surface area (Å²) in [6.45, 7) is 3.10. The molecule has 1 saturated heterocycles. The maximum absolute atomic E-state index is 14.8. The van der Waals surface area contributed by atoms with E-state index in [1.807, 2.05) is 29.8 Å². The predicted molar refractivity (Wildman–Crippen MR) is 119 cm³/mol. The van der Waals surface area contributed by atoms with E-state index < -0.39 is 23.3 Å². The highest BCUT2D eigenvalue weighted by Gasteiger charge is 2.43. The van der Waals surface area contributed by atoms with Gasteiger partial charge in [-0.1, -0.05) is 18.2 Å². The molecule has 4 rings (SSSR count). The van der Waals surface area contributed by atoms with Crippen LogP contribution in [0.4, 0.5) is 18.9 Å². The molecule has 1 fully saturated rings. The Labute approximate surface area is 191 Å². The molecule has 3 aromatic rings. The van der Waals surface area contributed by atoms with Crippen molar-refractivity contribution in [3.05, 3.63) is 78.1 Å². The minimum Gasteiger partial charge on any atom is -0.381 e. The van der Waals surface area contributed by atoms with Gasteiger partial charge in [0.15, 0.2) is 0 Å². The summed E-state index contributed by atoms with van der Waals surface area (Å²) < 4.78 is 44.0. The molecule has 6 nitrogen and oxygen atoms in total. The van der Waals surface area contributed by atoms with E-state index in [0.717, 1.165) is 25.0 Å². The molecule has 9 heteroatoms. The van der Waals surface area contributed by atoms with Crippen LogP contribution in [0.5, 0.6) is 0 Å². The van der Waals surface area contributed by atoms with E-state index in [4.69, 9.17) is 0 Å². The summed E-state index contributed by atoms with van der Waals surface area (Å²) in [7, 11) is 1.89. The second kappa shape index (κ2) is 9.52. The highest BCUT2D eigenvalue weighted by molar-refractivity contribution is 5.48. The first kappa shape index (κ1) is 23.3. The van der Waals surface area contributed by atoms with Gasteiger partial charge in [-0.2, -0.15) is 5.10 Å². The lowest BCUT2D eigenvalue weighted by Gasteiger charge is -2.45. The Morgan fingerprint density at radius 3 is 2.48 bits per heavy atom. The van der Waals surface area contributed by atoms with Gasteiger partial charge < -0.3 is 10.0 Å². The predicted octanol–water partition coefficient (Wildman–Crippen LogP) is 3.57. The lowest BCUT2D eigenvalue weighted by Crippen LogP contribution is -2.55. The van der Waals surface area contributed by atoms with E-state index >= 15 is 0 Å². The van der Waals surface area contributed by atoms with E-state index in [2.05, 4.69) is 10.1 Å². The third-order valence-electron chi connectivity index (χ3n) is 6.80. The fraction of sp³-hybridized carbons (Fsp3) is 0.417. The van der Waals surface area contributed by atoms with Gasteiger partial charge in [-0.15, -0.1) is 0 Å². The van der Waals surface area contributed by atoms with Crippen molar-refractivity contribution in [3.8, 4) is 0 Å². The number of benzene rings is 2. The molecule has 0 spiro atoms. The van der Waals surface area contributed by atoms with Crippen molar-refractivity contribution in [1.29, 1.82) is 0 Å². The maximum atomic E-state index is 14.8. The lowest BCUT2D eigenvalue weighted by atomic mass is 9.84. The average Bonchev–Trinajstić information content (AvgIpc) is 3.31. The Morgan fingerprint density at radius 1 is 1.12 bits per heavy atom. The largest absolute Gasteiger partial charge is 0.381 e. The first-order valence-corrected chi connectivity index (χ1v) is 11.0. The fourth-order valence-electron chi connectivity index (χ4n) is 4.72. The molecule has 1 aliphatic heterocycles. The van der Waals surface area contributed by atoms with Crippen LogP contribution in [-0.4, -0.2) is 57.0 Å². The summed E-state index contributed by atoms with van der Waals surface area (Å²) >= 11 is 0. The van der Waals surface area contributed by atoms with Gasteiger partial charge in [0.2, 0.25) is 0 Å². The van der Waals surface area contributed by atoms with Crippen LogP contribution in [0.3, 0.4) is 0 Å². The molecule has 1 aliphatic rings. The van der Waals surface area contributed by atoms with Crippen LogP contribution < -0.4 is 4.90 Å². The van der Waals surface area contributed by atoms with E-state index in [-0.39, 0.29) is 24.0 Å². The van der Waals surface area contributed by atoms with Crippen LogP contribution in [0.1, 0.15) is 25.3 Å². The molecule has 0 radical (unpaired) electrons. The van der Waals surface area contributed by atoms with Gasteiger partial charge >= 0.3 is 0 Å². The smallest absolute Gasteiger partial charge is 0.146 e. The number of anilines is 1. The summed E-state index contributed by atoms with van der Waals surface area (Å²) in [5.74, 6) is -1.76. The molecule has 33 heavy (non-hydrogen) atoms. The number of aromatic nitrogens is 3. The van der Waals surface area contributed by atoms with Gasteiger partial charge in [0.25, 0.3) is 0 Å². The van der Waals surface area contributed by atoms with Crippen molar-refractivity contribution in [2.75, 3.05) is 25.0 Å². The zero-order valence-electron chi connectivity index (χ0n) is 18.7. The Bertz CT molecular complexity index is 1070. The summed E-state index contributed by atoms with van der Waals surface area (Å²) in [6, 6.07) is 9.48. The number of likely N-dealkylation sites (N-methyl/N-ethyl adjacent to an activating group) is 1. The minimum atomic E-state index is -1.69. The van der Waals surface area contributed by atoms with Crippen LogP contribution in [0.15, 0.2) is 55.1 Å². The molecule has 1 N–H and O–H groups in total. The highest BCUT2D eigenvalue weighted by Crippen LogP contribution is 2.34. The molecule has 2 heterocycles. The number of aliphatic hydroxyl groups is 1. The normalized spacial score (nSPS) is 17.8. The van der Waals surface area contributed by atoms with E-state index in [0.29, 0.717) is 18.8 Å². The molecule has 1 aromatic heterocycles. The van der Waals surface area contributed by atoms with Gasteiger partial charge in [-0.25, -0.2) is 22.8 Å². The average molecular weight is 460 g/mol. The maximum Gasteiger partial charge on any atom is 0.146 e. The number of halogens is 3. The zero-order chi connectivity index (χ0) is 23.6. The quantitative estimate of drug-likeness (QED) is 0.586. The molecule has 0 unspecified atom stereocenters. The first-order chi connectivity index (χ1) is 15.8. The molecule has 2 atom stereocenters. The third kappa shape index (κ3) is 4.74. The van der Waals surface area contributed by atoms with Crippen molar-refractivity contribution in [1.82, 2.24) is 19.7 Å².